The van der Waals surface area contributed by atoms with E-state index >= 15 is 0 Å². The van der Waals surface area contributed by atoms with Crippen LogP contribution in [0, 0.1) is 22.7 Å². The molecule has 1 rings (SSSR count). The van der Waals surface area contributed by atoms with Crippen LogP contribution in [0.4, 0.5) is 5.69 Å². The first-order chi connectivity index (χ1) is 12.6. The predicted molar refractivity (Wildman–Crippen MR) is 96.5 cm³/mol. The zero-order valence-corrected chi connectivity index (χ0v) is 14.9. The molecule has 1 aromatic rings. The number of nitrogens with one attached hydrogen (secondary N) is 2. The van der Waals surface area contributed by atoms with Crippen molar-refractivity contribution in [3.63, 3.8) is 0 Å². The van der Waals surface area contributed by atoms with E-state index in [1.807, 2.05) is 32.0 Å². The molecule has 0 aliphatic carbocycles. The summed E-state index contributed by atoms with van der Waals surface area (Å²) in [6, 6.07) is 10.9. The normalized spacial score (nSPS) is 9.93. The highest BCUT2D eigenvalue weighted by atomic mass is 16.4. The van der Waals surface area contributed by atoms with Crippen molar-refractivity contribution in [2.45, 2.75) is 25.8 Å². The maximum atomic E-state index is 11.4. The molecule has 0 atom stereocenters. The third-order valence-electron chi connectivity index (χ3n) is 2.83. The number of carboxylic acid groups (broad SMARTS) is 2. The SMILES string of the molecule is CC(C)(CNc1ccc(C#N)cc1)NC(=O)CC#N.O=C(O)/C=C/C(=O)O. The maximum absolute atomic E-state index is 11.4. The van der Waals surface area contributed by atoms with Crippen molar-refractivity contribution in [2.75, 3.05) is 11.9 Å². The summed E-state index contributed by atoms with van der Waals surface area (Å²) in [7, 11) is 0. The predicted octanol–water partition coefficient (Wildman–Crippen LogP) is 1.49. The topological polar surface area (TPSA) is 163 Å². The molecule has 0 bridgehead atoms. The Morgan fingerprint density at radius 3 is 2.00 bits per heavy atom. The Kier molecular flexibility index (Phi) is 10.00. The highest BCUT2D eigenvalue weighted by molar-refractivity contribution is 5.89. The summed E-state index contributed by atoms with van der Waals surface area (Å²) >= 11 is 0. The van der Waals surface area contributed by atoms with Gasteiger partial charge in [-0.25, -0.2) is 9.59 Å². The molecule has 9 nitrogen and oxygen atoms in total. The molecule has 0 saturated carbocycles. The largest absolute Gasteiger partial charge is 0.478 e. The van der Waals surface area contributed by atoms with Crippen molar-refractivity contribution in [2.24, 2.45) is 0 Å². The number of aliphatic carboxylic acids is 2. The lowest BCUT2D eigenvalue weighted by molar-refractivity contribution is -0.134. The summed E-state index contributed by atoms with van der Waals surface area (Å²) in [4.78, 5) is 30.5. The summed E-state index contributed by atoms with van der Waals surface area (Å²) in [5.41, 5.74) is 1.02. The fourth-order valence-corrected chi connectivity index (χ4v) is 1.67. The van der Waals surface area contributed by atoms with E-state index in [1.165, 1.54) is 0 Å². The van der Waals surface area contributed by atoms with Crippen molar-refractivity contribution < 1.29 is 24.6 Å². The first kappa shape index (κ1) is 23.1. The summed E-state index contributed by atoms with van der Waals surface area (Å²) < 4.78 is 0. The molecule has 27 heavy (non-hydrogen) atoms. The van der Waals surface area contributed by atoms with Gasteiger partial charge in [-0.2, -0.15) is 10.5 Å². The second-order valence-electron chi connectivity index (χ2n) is 5.82. The van der Waals surface area contributed by atoms with Crippen LogP contribution in [0.3, 0.4) is 0 Å². The number of nitriles is 2. The van der Waals surface area contributed by atoms with Crippen molar-refractivity contribution >= 4 is 23.5 Å². The van der Waals surface area contributed by atoms with Crippen molar-refractivity contribution in [3.05, 3.63) is 42.0 Å². The number of benzene rings is 1. The Labute approximate surface area is 156 Å². The third-order valence-corrected chi connectivity index (χ3v) is 2.83. The molecule has 1 aromatic carbocycles. The van der Waals surface area contributed by atoms with Crippen LogP contribution >= 0.6 is 0 Å². The molecular weight excluding hydrogens is 352 g/mol. The van der Waals surface area contributed by atoms with E-state index in [1.54, 1.807) is 12.1 Å². The van der Waals surface area contributed by atoms with Gasteiger partial charge in [0.25, 0.3) is 0 Å². The standard InChI is InChI=1S/C14H16N4O.C4H4O4/c1-14(2,18-13(19)7-8-15)10-17-12-5-3-11(9-16)4-6-12;5-3(6)1-2-4(7)8/h3-6,17H,7,10H2,1-2H3,(H,18,19);1-2H,(H,5,6)(H,7,8)/b;2-1+. The molecule has 0 aromatic heterocycles. The van der Waals surface area contributed by atoms with Crippen LogP contribution in [-0.4, -0.2) is 40.1 Å². The number of anilines is 1. The fourth-order valence-electron chi connectivity index (χ4n) is 1.67. The van der Waals surface area contributed by atoms with E-state index in [4.69, 9.17) is 20.7 Å². The number of carbonyl (C=O) groups excluding carboxylic acids is 1. The number of carboxylic acids is 2. The lowest BCUT2D eigenvalue weighted by Crippen LogP contribution is -2.48. The molecule has 1 amide bonds. The van der Waals surface area contributed by atoms with Gasteiger partial charge in [-0.15, -0.1) is 0 Å². The lowest BCUT2D eigenvalue weighted by Gasteiger charge is -2.26. The second kappa shape index (κ2) is 11.7. The zero-order valence-electron chi connectivity index (χ0n) is 14.9. The minimum Gasteiger partial charge on any atom is -0.478 e. The highest BCUT2D eigenvalue weighted by Gasteiger charge is 2.19. The van der Waals surface area contributed by atoms with Crippen molar-refractivity contribution in [1.29, 1.82) is 10.5 Å². The van der Waals surface area contributed by atoms with Gasteiger partial charge in [-0.05, 0) is 38.1 Å². The van der Waals surface area contributed by atoms with Crippen LogP contribution in [0.25, 0.3) is 0 Å². The van der Waals surface area contributed by atoms with Gasteiger partial charge in [0.05, 0.1) is 23.2 Å². The van der Waals surface area contributed by atoms with E-state index in [-0.39, 0.29) is 12.3 Å². The van der Waals surface area contributed by atoms with Gasteiger partial charge in [0.1, 0.15) is 6.42 Å². The Balaban J connectivity index is 0.000000713. The van der Waals surface area contributed by atoms with Gasteiger partial charge >= 0.3 is 11.9 Å². The fraction of sp³-hybridized carbons (Fsp3) is 0.278. The number of hydrogen-bond acceptors (Lipinski definition) is 6. The summed E-state index contributed by atoms with van der Waals surface area (Å²) in [5.74, 6) is -2.80. The number of rotatable bonds is 7. The molecule has 4 N–H and O–H groups in total. The second-order valence-corrected chi connectivity index (χ2v) is 5.82. The molecule has 0 radical (unpaired) electrons. The molecule has 0 aliphatic heterocycles. The average Bonchev–Trinajstić information content (AvgIpc) is 2.59. The maximum Gasteiger partial charge on any atom is 0.328 e. The van der Waals surface area contributed by atoms with Gasteiger partial charge < -0.3 is 20.8 Å². The molecule has 0 saturated heterocycles. The molecule has 0 aliphatic rings. The first-order valence-electron chi connectivity index (χ1n) is 7.65. The Morgan fingerprint density at radius 1 is 1.07 bits per heavy atom. The monoisotopic (exact) mass is 372 g/mol. The number of amides is 1. The lowest BCUT2D eigenvalue weighted by atomic mass is 10.1. The average molecular weight is 372 g/mol. The van der Waals surface area contributed by atoms with Crippen LogP contribution in [0.2, 0.25) is 0 Å². The molecule has 0 fully saturated rings. The number of hydrogen-bond donors (Lipinski definition) is 4. The minimum absolute atomic E-state index is 0.139. The van der Waals surface area contributed by atoms with E-state index < -0.39 is 17.5 Å². The van der Waals surface area contributed by atoms with E-state index in [2.05, 4.69) is 16.7 Å². The Morgan fingerprint density at radius 2 is 1.59 bits per heavy atom. The quantitative estimate of drug-likeness (QED) is 0.523. The molecular formula is C18H20N4O5. The first-order valence-corrected chi connectivity index (χ1v) is 7.65. The van der Waals surface area contributed by atoms with Crippen LogP contribution < -0.4 is 10.6 Å². The van der Waals surface area contributed by atoms with Crippen molar-refractivity contribution in [1.82, 2.24) is 5.32 Å². The van der Waals surface area contributed by atoms with Crippen molar-refractivity contribution in [3.8, 4) is 12.1 Å². The molecule has 0 spiro atoms. The Bertz CT molecular complexity index is 754. The third kappa shape index (κ3) is 12.2. The summed E-state index contributed by atoms with van der Waals surface area (Å²) in [6.45, 7) is 4.27. The van der Waals surface area contributed by atoms with Gasteiger partial charge in [0, 0.05) is 24.4 Å². The zero-order chi connectivity index (χ0) is 20.9. The Hall–Kier alpha value is -3.85. The van der Waals surface area contributed by atoms with Gasteiger partial charge in [0.2, 0.25) is 5.91 Å². The van der Waals surface area contributed by atoms with E-state index in [9.17, 15) is 14.4 Å². The molecule has 142 valence electrons. The number of nitrogens with zero attached hydrogens (tertiary/aromatic N) is 2. The summed E-state index contributed by atoms with van der Waals surface area (Å²) in [5, 5.41) is 38.7. The molecule has 0 heterocycles. The van der Waals surface area contributed by atoms with Crippen LogP contribution in [0.5, 0.6) is 0 Å². The highest BCUT2D eigenvalue weighted by Crippen LogP contribution is 2.11. The van der Waals surface area contributed by atoms with E-state index in [0.29, 0.717) is 24.3 Å². The van der Waals surface area contributed by atoms with E-state index in [0.717, 1.165) is 5.69 Å². The van der Waals surface area contributed by atoms with Crippen LogP contribution in [0.1, 0.15) is 25.8 Å². The smallest absolute Gasteiger partial charge is 0.328 e. The van der Waals surface area contributed by atoms with Crippen LogP contribution in [-0.2, 0) is 14.4 Å². The summed E-state index contributed by atoms with van der Waals surface area (Å²) in [6.07, 6.45) is 0.977. The molecule has 9 heteroatoms. The van der Waals surface area contributed by atoms with Crippen LogP contribution in [0.15, 0.2) is 36.4 Å². The number of carbonyl (C=O) groups is 3. The molecule has 0 unspecified atom stereocenters. The van der Waals surface area contributed by atoms with Gasteiger partial charge in [0.15, 0.2) is 0 Å². The van der Waals surface area contributed by atoms with Gasteiger partial charge in [-0.1, -0.05) is 0 Å². The minimum atomic E-state index is -1.26. The van der Waals surface area contributed by atoms with Gasteiger partial charge in [-0.3, -0.25) is 4.79 Å².